The second-order valence-corrected chi connectivity index (χ2v) is 8.50. The number of rotatable bonds is 5. The third-order valence-corrected chi connectivity index (χ3v) is 4.97. The molecular formula is C21H38N2O6. The number of nitrogens with one attached hydrogen (secondary N) is 1. The zero-order valence-corrected chi connectivity index (χ0v) is 18.5. The number of esters is 2. The van der Waals surface area contributed by atoms with Crippen LogP contribution in [0.5, 0.6) is 0 Å². The Labute approximate surface area is 174 Å². The van der Waals surface area contributed by atoms with Crippen LogP contribution in [0.3, 0.4) is 0 Å². The first-order valence-corrected chi connectivity index (χ1v) is 10.7. The maximum absolute atomic E-state index is 11.7. The fourth-order valence-electron chi connectivity index (χ4n) is 3.65. The summed E-state index contributed by atoms with van der Waals surface area (Å²) in [7, 11) is 0. The minimum atomic E-state index is -0.526. The Morgan fingerprint density at radius 2 is 1.41 bits per heavy atom. The van der Waals surface area contributed by atoms with Gasteiger partial charge in [0.05, 0.1) is 25.0 Å². The molecule has 3 N–H and O–H groups in total. The minimum absolute atomic E-state index is 0.0325. The predicted molar refractivity (Wildman–Crippen MR) is 109 cm³/mol. The molecular weight excluding hydrogens is 376 g/mol. The molecule has 0 bridgehead atoms. The van der Waals surface area contributed by atoms with Gasteiger partial charge in [-0.2, -0.15) is 0 Å². The Morgan fingerprint density at radius 1 is 0.897 bits per heavy atom. The summed E-state index contributed by atoms with van der Waals surface area (Å²) in [6, 6.07) is -0.132. The van der Waals surface area contributed by atoms with E-state index in [-0.39, 0.29) is 35.9 Å². The number of hydrogen-bond donors (Lipinski definition) is 2. The number of alkyl carbamates (subject to hydrolysis) is 1. The Hall–Kier alpha value is -1.83. The highest BCUT2D eigenvalue weighted by atomic mass is 16.6. The van der Waals surface area contributed by atoms with E-state index >= 15 is 0 Å². The molecule has 0 saturated heterocycles. The van der Waals surface area contributed by atoms with Gasteiger partial charge in [-0.1, -0.05) is 12.8 Å². The molecule has 168 valence electrons. The van der Waals surface area contributed by atoms with Gasteiger partial charge in [-0.15, -0.1) is 0 Å². The monoisotopic (exact) mass is 414 g/mol. The number of carbonyl (C=O) groups is 3. The molecule has 0 spiro atoms. The van der Waals surface area contributed by atoms with Crippen molar-refractivity contribution in [2.45, 2.75) is 90.8 Å². The molecule has 2 fully saturated rings. The van der Waals surface area contributed by atoms with Gasteiger partial charge >= 0.3 is 18.0 Å². The molecule has 2 aliphatic rings. The van der Waals surface area contributed by atoms with Crippen molar-refractivity contribution in [3.63, 3.8) is 0 Å². The molecule has 0 unspecified atom stereocenters. The molecule has 0 aliphatic heterocycles. The van der Waals surface area contributed by atoms with Crippen LogP contribution in [-0.2, 0) is 23.8 Å². The van der Waals surface area contributed by atoms with Crippen molar-refractivity contribution in [2.75, 3.05) is 13.2 Å². The molecule has 1 amide bonds. The molecule has 0 aromatic rings. The third kappa shape index (κ3) is 9.02. The first kappa shape index (κ1) is 25.2. The lowest BCUT2D eigenvalue weighted by molar-refractivity contribution is -0.149. The lowest BCUT2D eigenvalue weighted by atomic mass is 10.0. The average Bonchev–Trinajstić information content (AvgIpc) is 3.23. The fourth-order valence-corrected chi connectivity index (χ4v) is 3.65. The van der Waals surface area contributed by atoms with Crippen LogP contribution in [0.1, 0.15) is 73.1 Å². The number of nitrogens with two attached hydrogens (primary N) is 1. The van der Waals surface area contributed by atoms with Gasteiger partial charge in [0.1, 0.15) is 5.60 Å². The van der Waals surface area contributed by atoms with Crippen LogP contribution < -0.4 is 11.1 Å². The van der Waals surface area contributed by atoms with Crippen molar-refractivity contribution in [2.24, 2.45) is 17.6 Å². The van der Waals surface area contributed by atoms with Crippen LogP contribution in [0.25, 0.3) is 0 Å². The molecule has 2 aliphatic carbocycles. The van der Waals surface area contributed by atoms with Gasteiger partial charge in [-0.05, 0) is 60.3 Å². The lowest BCUT2D eigenvalue weighted by Gasteiger charge is -2.24. The summed E-state index contributed by atoms with van der Waals surface area (Å²) in [6.07, 6.45) is 4.93. The van der Waals surface area contributed by atoms with Crippen LogP contribution in [0.2, 0.25) is 0 Å². The van der Waals surface area contributed by atoms with E-state index in [0.29, 0.717) is 13.2 Å². The number of carbonyl (C=O) groups excluding carboxylic acids is 3. The van der Waals surface area contributed by atoms with Gasteiger partial charge in [0.15, 0.2) is 0 Å². The van der Waals surface area contributed by atoms with Crippen molar-refractivity contribution < 1.29 is 28.6 Å². The molecule has 4 atom stereocenters. The summed E-state index contributed by atoms with van der Waals surface area (Å²) in [5, 5.41) is 2.76. The van der Waals surface area contributed by atoms with Gasteiger partial charge in [0.2, 0.25) is 0 Å². The quantitative estimate of drug-likeness (QED) is 0.525. The van der Waals surface area contributed by atoms with E-state index in [9.17, 15) is 14.4 Å². The van der Waals surface area contributed by atoms with E-state index in [1.165, 1.54) is 0 Å². The van der Waals surface area contributed by atoms with Crippen LogP contribution in [-0.4, -0.2) is 48.9 Å². The van der Waals surface area contributed by atoms with Crippen molar-refractivity contribution >= 4 is 18.0 Å². The van der Waals surface area contributed by atoms with E-state index in [1.54, 1.807) is 6.92 Å². The minimum Gasteiger partial charge on any atom is -0.466 e. The van der Waals surface area contributed by atoms with Crippen molar-refractivity contribution in [3.05, 3.63) is 0 Å². The molecule has 29 heavy (non-hydrogen) atoms. The molecule has 8 nitrogen and oxygen atoms in total. The van der Waals surface area contributed by atoms with Crippen LogP contribution in [0, 0.1) is 11.8 Å². The van der Waals surface area contributed by atoms with E-state index in [1.807, 2.05) is 27.7 Å². The largest absolute Gasteiger partial charge is 0.466 e. The highest BCUT2D eigenvalue weighted by Gasteiger charge is 2.36. The summed E-state index contributed by atoms with van der Waals surface area (Å²) in [5.74, 6) is -0.610. The Balaban J connectivity index is 0.000000326. The van der Waals surface area contributed by atoms with Crippen molar-refractivity contribution in [1.29, 1.82) is 0 Å². The van der Waals surface area contributed by atoms with Gasteiger partial charge in [0, 0.05) is 12.1 Å². The van der Waals surface area contributed by atoms with Gasteiger partial charge in [-0.25, -0.2) is 4.79 Å². The lowest BCUT2D eigenvalue weighted by Crippen LogP contribution is -2.43. The van der Waals surface area contributed by atoms with Crippen molar-refractivity contribution in [3.8, 4) is 0 Å². The molecule has 2 saturated carbocycles. The second kappa shape index (κ2) is 12.0. The Morgan fingerprint density at radius 3 is 1.90 bits per heavy atom. The number of amides is 1. The fraction of sp³-hybridized carbons (Fsp3) is 0.857. The number of ether oxygens (including phenoxy) is 3. The topological polar surface area (TPSA) is 117 Å². The molecule has 0 radical (unpaired) electrons. The normalized spacial score (nSPS) is 26.1. The van der Waals surface area contributed by atoms with Gasteiger partial charge in [-0.3, -0.25) is 9.59 Å². The summed E-state index contributed by atoms with van der Waals surface area (Å²) in [5.41, 5.74) is 5.18. The maximum Gasteiger partial charge on any atom is 0.407 e. The van der Waals surface area contributed by atoms with Crippen LogP contribution in [0.15, 0.2) is 0 Å². The van der Waals surface area contributed by atoms with Crippen LogP contribution >= 0.6 is 0 Å². The summed E-state index contributed by atoms with van der Waals surface area (Å²) < 4.78 is 15.1. The highest BCUT2D eigenvalue weighted by molar-refractivity contribution is 5.75. The molecule has 0 aromatic heterocycles. The Kier molecular flexibility index (Phi) is 10.4. The molecule has 0 heterocycles. The van der Waals surface area contributed by atoms with Gasteiger partial charge in [0.25, 0.3) is 0 Å². The maximum atomic E-state index is 11.7. The zero-order valence-electron chi connectivity index (χ0n) is 18.5. The summed E-state index contributed by atoms with van der Waals surface area (Å²) in [6.45, 7) is 9.86. The first-order chi connectivity index (χ1) is 13.6. The van der Waals surface area contributed by atoms with E-state index in [2.05, 4.69) is 5.32 Å². The highest BCUT2D eigenvalue weighted by Crippen LogP contribution is 2.27. The van der Waals surface area contributed by atoms with Crippen LogP contribution in [0.4, 0.5) is 4.79 Å². The first-order valence-electron chi connectivity index (χ1n) is 10.7. The molecule has 8 heteroatoms. The molecule has 2 rings (SSSR count). The number of hydrogen-bond acceptors (Lipinski definition) is 7. The summed E-state index contributed by atoms with van der Waals surface area (Å²) in [4.78, 5) is 34.5. The van der Waals surface area contributed by atoms with Gasteiger partial charge < -0.3 is 25.3 Å². The standard InChI is InChI=1S/C13H23NO4.C8H15NO2/c1-5-17-11(15)9-7-6-8-10(9)14-12(16)18-13(2,3)4;1-2-11-8(10)6-4-3-5-7(6)9/h9-10H,5-8H2,1-4H3,(H,14,16);6-7H,2-5,9H2,1H3/t9-,10+;6-,7+/m00/s1. The second-order valence-electron chi connectivity index (χ2n) is 8.50. The van der Waals surface area contributed by atoms with E-state index < -0.39 is 11.7 Å². The molecule has 0 aromatic carbocycles. The Bertz CT molecular complexity index is 546. The predicted octanol–water partition coefficient (Wildman–Crippen LogP) is 2.92. The smallest absolute Gasteiger partial charge is 0.407 e. The third-order valence-electron chi connectivity index (χ3n) is 4.97. The van der Waals surface area contributed by atoms with E-state index in [0.717, 1.165) is 38.5 Å². The SMILES string of the molecule is CCOC(=O)[C@H]1CCC[C@H]1N.CCOC(=O)[C@H]1CCC[C@H]1NC(=O)OC(C)(C)C. The zero-order chi connectivity index (χ0) is 22.0. The summed E-state index contributed by atoms with van der Waals surface area (Å²) >= 11 is 0. The van der Waals surface area contributed by atoms with Crippen molar-refractivity contribution in [1.82, 2.24) is 5.32 Å². The average molecular weight is 415 g/mol. The van der Waals surface area contributed by atoms with E-state index in [4.69, 9.17) is 19.9 Å².